The first kappa shape index (κ1) is 10.9. The smallest absolute Gasteiger partial charge is 0.0590 e. The van der Waals surface area contributed by atoms with Gasteiger partial charge >= 0.3 is 0 Å². The Morgan fingerprint density at radius 1 is 1.27 bits per heavy atom. The van der Waals surface area contributed by atoms with Gasteiger partial charge < -0.3 is 10.1 Å². The second-order valence-corrected chi connectivity index (χ2v) is 3.93. The van der Waals surface area contributed by atoms with Crippen molar-refractivity contribution in [1.29, 1.82) is 0 Å². The fourth-order valence-corrected chi connectivity index (χ4v) is 0.752. The summed E-state index contributed by atoms with van der Waals surface area (Å²) in [6, 6.07) is 0. The second-order valence-electron chi connectivity index (χ2n) is 3.93. The molecule has 0 heterocycles. The highest BCUT2D eigenvalue weighted by molar-refractivity contribution is 4.64. The van der Waals surface area contributed by atoms with Crippen molar-refractivity contribution in [2.75, 3.05) is 26.3 Å². The summed E-state index contributed by atoms with van der Waals surface area (Å²) in [4.78, 5) is 0. The van der Waals surface area contributed by atoms with Crippen molar-refractivity contribution in [3.63, 3.8) is 0 Å². The second kappa shape index (κ2) is 5.56. The third-order valence-electron chi connectivity index (χ3n) is 1.28. The lowest BCUT2D eigenvalue weighted by atomic mass is 9.97. The minimum absolute atomic E-state index is 0.381. The standard InChI is InChI=1S/C9H21NO/c1-5-11-7-6-10-8-9(2,3)4/h10H,5-8H2,1-4H3. The maximum atomic E-state index is 5.19. The van der Waals surface area contributed by atoms with Crippen molar-refractivity contribution in [2.24, 2.45) is 5.41 Å². The number of hydrogen-bond acceptors (Lipinski definition) is 2. The van der Waals surface area contributed by atoms with E-state index in [9.17, 15) is 0 Å². The van der Waals surface area contributed by atoms with E-state index in [0.717, 1.165) is 26.3 Å². The number of ether oxygens (including phenoxy) is 1. The van der Waals surface area contributed by atoms with Crippen LogP contribution < -0.4 is 5.32 Å². The molecule has 0 aliphatic carbocycles. The van der Waals surface area contributed by atoms with Gasteiger partial charge in [-0.15, -0.1) is 0 Å². The Morgan fingerprint density at radius 3 is 2.36 bits per heavy atom. The first-order chi connectivity index (χ1) is 5.06. The van der Waals surface area contributed by atoms with Crippen LogP contribution in [0.3, 0.4) is 0 Å². The Morgan fingerprint density at radius 2 is 1.91 bits per heavy atom. The van der Waals surface area contributed by atoms with Gasteiger partial charge in [0.15, 0.2) is 0 Å². The van der Waals surface area contributed by atoms with Crippen molar-refractivity contribution in [3.8, 4) is 0 Å². The summed E-state index contributed by atoms with van der Waals surface area (Å²) >= 11 is 0. The zero-order valence-electron chi connectivity index (χ0n) is 8.24. The van der Waals surface area contributed by atoms with Gasteiger partial charge in [-0.1, -0.05) is 20.8 Å². The van der Waals surface area contributed by atoms with E-state index in [1.165, 1.54) is 0 Å². The Bertz CT molecular complexity index is 86.1. The van der Waals surface area contributed by atoms with E-state index in [1.54, 1.807) is 0 Å². The van der Waals surface area contributed by atoms with E-state index < -0.39 is 0 Å². The van der Waals surface area contributed by atoms with Crippen LogP contribution in [0.2, 0.25) is 0 Å². The predicted molar refractivity (Wildman–Crippen MR) is 48.8 cm³/mol. The lowest BCUT2D eigenvalue weighted by molar-refractivity contribution is 0.147. The van der Waals surface area contributed by atoms with Crippen molar-refractivity contribution in [1.82, 2.24) is 5.32 Å². The van der Waals surface area contributed by atoms with E-state index in [0.29, 0.717) is 5.41 Å². The van der Waals surface area contributed by atoms with Crippen LogP contribution in [-0.2, 0) is 4.74 Å². The molecule has 11 heavy (non-hydrogen) atoms. The molecule has 68 valence electrons. The predicted octanol–water partition coefficient (Wildman–Crippen LogP) is 1.66. The van der Waals surface area contributed by atoms with Crippen molar-refractivity contribution >= 4 is 0 Å². The average molecular weight is 159 g/mol. The Labute approximate surface area is 70.3 Å². The monoisotopic (exact) mass is 159 g/mol. The van der Waals surface area contributed by atoms with Crippen LogP contribution in [0.4, 0.5) is 0 Å². The van der Waals surface area contributed by atoms with E-state index in [-0.39, 0.29) is 0 Å². The summed E-state index contributed by atoms with van der Waals surface area (Å²) in [5, 5.41) is 3.34. The third kappa shape index (κ3) is 9.92. The molecule has 0 atom stereocenters. The average Bonchev–Trinajstić information content (AvgIpc) is 1.85. The van der Waals surface area contributed by atoms with Gasteiger partial charge in [0.1, 0.15) is 0 Å². The summed E-state index contributed by atoms with van der Waals surface area (Å²) in [6.45, 7) is 12.3. The minimum Gasteiger partial charge on any atom is -0.380 e. The number of hydrogen-bond donors (Lipinski definition) is 1. The molecule has 2 nitrogen and oxygen atoms in total. The van der Waals surface area contributed by atoms with Gasteiger partial charge in [0.05, 0.1) is 6.61 Å². The highest BCUT2D eigenvalue weighted by Gasteiger charge is 2.07. The molecule has 0 saturated heterocycles. The molecule has 0 rings (SSSR count). The minimum atomic E-state index is 0.381. The van der Waals surface area contributed by atoms with E-state index >= 15 is 0 Å². The van der Waals surface area contributed by atoms with E-state index in [1.807, 2.05) is 6.92 Å². The van der Waals surface area contributed by atoms with E-state index in [2.05, 4.69) is 26.1 Å². The molecule has 1 N–H and O–H groups in total. The summed E-state index contributed by atoms with van der Waals surface area (Å²) < 4.78 is 5.19. The molecular weight excluding hydrogens is 138 g/mol. The van der Waals surface area contributed by atoms with Gasteiger partial charge in [-0.2, -0.15) is 0 Å². The fourth-order valence-electron chi connectivity index (χ4n) is 0.752. The number of nitrogens with one attached hydrogen (secondary N) is 1. The number of rotatable bonds is 5. The summed E-state index contributed by atoms with van der Waals surface area (Å²) in [5.41, 5.74) is 0.381. The molecule has 0 aliphatic heterocycles. The van der Waals surface area contributed by atoms with Crippen LogP contribution >= 0.6 is 0 Å². The fraction of sp³-hybridized carbons (Fsp3) is 1.00. The summed E-state index contributed by atoms with van der Waals surface area (Å²) in [7, 11) is 0. The van der Waals surface area contributed by atoms with Gasteiger partial charge in [0.2, 0.25) is 0 Å². The molecule has 2 heteroatoms. The zero-order chi connectivity index (χ0) is 8.74. The largest absolute Gasteiger partial charge is 0.380 e. The van der Waals surface area contributed by atoms with Gasteiger partial charge in [-0.3, -0.25) is 0 Å². The zero-order valence-corrected chi connectivity index (χ0v) is 8.24. The van der Waals surface area contributed by atoms with Crippen LogP contribution in [0.1, 0.15) is 27.7 Å². The van der Waals surface area contributed by atoms with Gasteiger partial charge in [-0.25, -0.2) is 0 Å². The molecule has 0 fully saturated rings. The van der Waals surface area contributed by atoms with Crippen LogP contribution in [-0.4, -0.2) is 26.3 Å². The Kier molecular flexibility index (Phi) is 5.51. The first-order valence-corrected chi connectivity index (χ1v) is 4.35. The summed E-state index contributed by atoms with van der Waals surface area (Å²) in [6.07, 6.45) is 0. The first-order valence-electron chi connectivity index (χ1n) is 4.35. The Balaban J connectivity index is 3.02. The van der Waals surface area contributed by atoms with E-state index in [4.69, 9.17) is 4.74 Å². The molecule has 0 unspecified atom stereocenters. The molecule has 0 spiro atoms. The highest BCUT2D eigenvalue weighted by atomic mass is 16.5. The quantitative estimate of drug-likeness (QED) is 0.616. The van der Waals surface area contributed by atoms with Crippen LogP contribution in [0.15, 0.2) is 0 Å². The van der Waals surface area contributed by atoms with Crippen LogP contribution in [0.25, 0.3) is 0 Å². The molecule has 0 amide bonds. The summed E-state index contributed by atoms with van der Waals surface area (Å²) in [5.74, 6) is 0. The lowest BCUT2D eigenvalue weighted by Gasteiger charge is -2.18. The highest BCUT2D eigenvalue weighted by Crippen LogP contribution is 2.09. The topological polar surface area (TPSA) is 21.3 Å². The molecule has 0 aromatic heterocycles. The third-order valence-corrected chi connectivity index (χ3v) is 1.28. The van der Waals surface area contributed by atoms with Crippen molar-refractivity contribution < 1.29 is 4.74 Å². The molecule has 0 saturated carbocycles. The van der Waals surface area contributed by atoms with Crippen molar-refractivity contribution in [2.45, 2.75) is 27.7 Å². The van der Waals surface area contributed by atoms with Crippen LogP contribution in [0, 0.1) is 5.41 Å². The molecule has 0 aliphatic rings. The van der Waals surface area contributed by atoms with Gasteiger partial charge in [0, 0.05) is 19.7 Å². The maximum absolute atomic E-state index is 5.19. The molecule has 0 aromatic carbocycles. The van der Waals surface area contributed by atoms with Crippen molar-refractivity contribution in [3.05, 3.63) is 0 Å². The lowest BCUT2D eigenvalue weighted by Crippen LogP contribution is -2.29. The molecular formula is C9H21NO. The van der Waals surface area contributed by atoms with Gasteiger partial charge in [-0.05, 0) is 12.3 Å². The normalized spacial score (nSPS) is 12.0. The molecule has 0 bridgehead atoms. The molecule has 0 aromatic rings. The van der Waals surface area contributed by atoms with Gasteiger partial charge in [0.25, 0.3) is 0 Å². The SMILES string of the molecule is CCOCCNCC(C)(C)C. The maximum Gasteiger partial charge on any atom is 0.0590 e. The van der Waals surface area contributed by atoms with Crippen LogP contribution in [0.5, 0.6) is 0 Å². The molecule has 0 radical (unpaired) electrons. The Hall–Kier alpha value is -0.0800.